The highest BCUT2D eigenvalue weighted by molar-refractivity contribution is 5.94. The monoisotopic (exact) mass is 211 g/mol. The van der Waals surface area contributed by atoms with Gasteiger partial charge in [-0.2, -0.15) is 0 Å². The van der Waals surface area contributed by atoms with Crippen LogP contribution in [0, 0.1) is 5.92 Å². The van der Waals surface area contributed by atoms with E-state index in [9.17, 15) is 13.6 Å². The Bertz CT molecular complexity index is 353. The van der Waals surface area contributed by atoms with E-state index in [0.717, 1.165) is 0 Å². The predicted molar refractivity (Wildman–Crippen MR) is 51.8 cm³/mol. The zero-order valence-electron chi connectivity index (χ0n) is 7.99. The molecule has 1 aromatic carbocycles. The smallest absolute Gasteiger partial charge is 0.251 e. The van der Waals surface area contributed by atoms with E-state index in [-0.39, 0.29) is 11.9 Å². The molecule has 1 aliphatic rings. The van der Waals surface area contributed by atoms with Crippen LogP contribution in [0.15, 0.2) is 30.3 Å². The van der Waals surface area contributed by atoms with Gasteiger partial charge in [-0.1, -0.05) is 18.2 Å². The van der Waals surface area contributed by atoms with Crippen LogP contribution in [0.1, 0.15) is 16.8 Å². The molecule has 0 unspecified atom stereocenters. The molecule has 0 aromatic heterocycles. The van der Waals surface area contributed by atoms with Crippen molar-refractivity contribution < 1.29 is 13.6 Å². The van der Waals surface area contributed by atoms with Gasteiger partial charge in [-0.25, -0.2) is 8.78 Å². The standard InChI is InChI=1S/C11H11F2NO/c12-10(13)8-6-9(8)14-11(15)7-4-2-1-3-5-7/h1-5,8-10H,6H2,(H,14,15)/t8-,9-/m1/s1. The van der Waals surface area contributed by atoms with Gasteiger partial charge in [-0.3, -0.25) is 4.79 Å². The number of alkyl halides is 2. The fourth-order valence-corrected chi connectivity index (χ4v) is 1.50. The van der Waals surface area contributed by atoms with Gasteiger partial charge in [-0.05, 0) is 18.6 Å². The molecule has 1 aromatic rings. The summed E-state index contributed by atoms with van der Waals surface area (Å²) in [6.07, 6.45) is -1.94. The summed E-state index contributed by atoms with van der Waals surface area (Å²) in [5.41, 5.74) is 0.511. The van der Waals surface area contributed by atoms with E-state index in [1.54, 1.807) is 30.3 Å². The highest BCUT2D eigenvalue weighted by Crippen LogP contribution is 2.36. The summed E-state index contributed by atoms with van der Waals surface area (Å²) in [6, 6.07) is 8.26. The van der Waals surface area contributed by atoms with E-state index in [0.29, 0.717) is 12.0 Å². The van der Waals surface area contributed by atoms with Gasteiger partial charge in [0.25, 0.3) is 5.91 Å². The number of carbonyl (C=O) groups excluding carboxylic acids is 1. The lowest BCUT2D eigenvalue weighted by molar-refractivity contribution is 0.0926. The van der Waals surface area contributed by atoms with Gasteiger partial charge in [-0.15, -0.1) is 0 Å². The largest absolute Gasteiger partial charge is 0.349 e. The average Bonchev–Trinajstić information content (AvgIpc) is 2.98. The lowest BCUT2D eigenvalue weighted by Gasteiger charge is -2.03. The van der Waals surface area contributed by atoms with Crippen LogP contribution in [-0.4, -0.2) is 18.4 Å². The molecule has 0 saturated heterocycles. The van der Waals surface area contributed by atoms with Gasteiger partial charge < -0.3 is 5.32 Å². The Morgan fingerprint density at radius 1 is 1.33 bits per heavy atom. The van der Waals surface area contributed by atoms with Crippen LogP contribution in [0.2, 0.25) is 0 Å². The van der Waals surface area contributed by atoms with Gasteiger partial charge in [0.2, 0.25) is 6.43 Å². The molecule has 2 atom stereocenters. The van der Waals surface area contributed by atoms with E-state index in [2.05, 4.69) is 5.32 Å². The van der Waals surface area contributed by atoms with Crippen LogP contribution in [-0.2, 0) is 0 Å². The maximum atomic E-state index is 12.2. The molecule has 1 saturated carbocycles. The quantitative estimate of drug-likeness (QED) is 0.814. The Morgan fingerprint density at radius 2 is 2.00 bits per heavy atom. The zero-order valence-corrected chi connectivity index (χ0v) is 7.99. The maximum Gasteiger partial charge on any atom is 0.251 e. The van der Waals surface area contributed by atoms with E-state index in [4.69, 9.17) is 0 Å². The van der Waals surface area contributed by atoms with Crippen molar-refractivity contribution in [3.8, 4) is 0 Å². The second-order valence-electron chi connectivity index (χ2n) is 3.68. The Labute approximate surface area is 86.3 Å². The molecule has 0 aliphatic heterocycles. The number of halogens is 2. The van der Waals surface area contributed by atoms with Crippen molar-refractivity contribution in [3.63, 3.8) is 0 Å². The van der Waals surface area contributed by atoms with Crippen LogP contribution >= 0.6 is 0 Å². The van der Waals surface area contributed by atoms with E-state index < -0.39 is 12.3 Å². The molecular formula is C11H11F2NO. The third-order valence-electron chi connectivity index (χ3n) is 2.52. The SMILES string of the molecule is O=C(N[C@@H]1C[C@H]1C(F)F)c1ccccc1. The molecule has 2 rings (SSSR count). The Morgan fingerprint density at radius 3 is 2.53 bits per heavy atom. The third-order valence-corrected chi connectivity index (χ3v) is 2.52. The summed E-state index contributed by atoms with van der Waals surface area (Å²) in [4.78, 5) is 11.5. The first-order valence-corrected chi connectivity index (χ1v) is 4.82. The van der Waals surface area contributed by atoms with Crippen LogP contribution in [0.25, 0.3) is 0 Å². The zero-order chi connectivity index (χ0) is 10.8. The van der Waals surface area contributed by atoms with Crippen molar-refractivity contribution in [1.82, 2.24) is 5.32 Å². The topological polar surface area (TPSA) is 29.1 Å². The summed E-state index contributed by atoms with van der Waals surface area (Å²) >= 11 is 0. The minimum Gasteiger partial charge on any atom is -0.349 e. The molecule has 15 heavy (non-hydrogen) atoms. The highest BCUT2D eigenvalue weighted by atomic mass is 19.3. The van der Waals surface area contributed by atoms with Crippen LogP contribution < -0.4 is 5.32 Å². The fraction of sp³-hybridized carbons (Fsp3) is 0.364. The fourth-order valence-electron chi connectivity index (χ4n) is 1.50. The average molecular weight is 211 g/mol. The van der Waals surface area contributed by atoms with Gasteiger partial charge in [0, 0.05) is 17.5 Å². The first kappa shape index (κ1) is 10.1. The molecule has 2 nitrogen and oxygen atoms in total. The number of amides is 1. The van der Waals surface area contributed by atoms with Gasteiger partial charge >= 0.3 is 0 Å². The van der Waals surface area contributed by atoms with Gasteiger partial charge in [0.15, 0.2) is 0 Å². The number of carbonyl (C=O) groups is 1. The molecule has 0 radical (unpaired) electrons. The lowest BCUT2D eigenvalue weighted by Crippen LogP contribution is -2.27. The molecule has 1 aliphatic carbocycles. The maximum absolute atomic E-state index is 12.2. The number of benzene rings is 1. The number of rotatable bonds is 3. The summed E-state index contributed by atoms with van der Waals surface area (Å²) < 4.78 is 24.3. The second-order valence-corrected chi connectivity index (χ2v) is 3.68. The first-order valence-electron chi connectivity index (χ1n) is 4.82. The molecule has 1 amide bonds. The van der Waals surface area contributed by atoms with Crippen molar-refractivity contribution in [1.29, 1.82) is 0 Å². The van der Waals surface area contributed by atoms with Crippen molar-refractivity contribution >= 4 is 5.91 Å². The summed E-state index contributed by atoms with van der Waals surface area (Å²) in [5.74, 6) is -0.929. The van der Waals surface area contributed by atoms with E-state index >= 15 is 0 Å². The molecule has 1 N–H and O–H groups in total. The van der Waals surface area contributed by atoms with Crippen molar-refractivity contribution in [2.45, 2.75) is 18.9 Å². The number of hydrogen-bond acceptors (Lipinski definition) is 1. The molecule has 0 heterocycles. The lowest BCUT2D eigenvalue weighted by atomic mass is 10.2. The molecule has 1 fully saturated rings. The molecule has 4 heteroatoms. The second kappa shape index (κ2) is 3.96. The summed E-state index contributed by atoms with van der Waals surface area (Å²) in [5, 5.41) is 2.58. The summed E-state index contributed by atoms with van der Waals surface area (Å²) in [7, 11) is 0. The first-order chi connectivity index (χ1) is 7.18. The van der Waals surface area contributed by atoms with Crippen LogP contribution in [0.3, 0.4) is 0 Å². The van der Waals surface area contributed by atoms with Crippen molar-refractivity contribution in [2.24, 2.45) is 5.92 Å². The normalized spacial score (nSPS) is 23.9. The summed E-state index contributed by atoms with van der Waals surface area (Å²) in [6.45, 7) is 0. The molecule has 0 bridgehead atoms. The van der Waals surface area contributed by atoms with Crippen molar-refractivity contribution in [3.05, 3.63) is 35.9 Å². The minimum atomic E-state index is -2.33. The van der Waals surface area contributed by atoms with Gasteiger partial charge in [0.05, 0.1) is 0 Å². The molecular weight excluding hydrogens is 200 g/mol. The Hall–Kier alpha value is -1.45. The van der Waals surface area contributed by atoms with Gasteiger partial charge in [0.1, 0.15) is 0 Å². The number of nitrogens with one attached hydrogen (secondary N) is 1. The molecule has 0 spiro atoms. The predicted octanol–water partition coefficient (Wildman–Crippen LogP) is 2.07. The number of hydrogen-bond donors (Lipinski definition) is 1. The third kappa shape index (κ3) is 2.32. The van der Waals surface area contributed by atoms with E-state index in [1.165, 1.54) is 0 Å². The van der Waals surface area contributed by atoms with Crippen LogP contribution in [0.4, 0.5) is 8.78 Å². The Kier molecular flexibility index (Phi) is 2.66. The molecule has 80 valence electrons. The Balaban J connectivity index is 1.90. The minimum absolute atomic E-state index is 0.274. The highest BCUT2D eigenvalue weighted by Gasteiger charge is 2.45. The van der Waals surface area contributed by atoms with E-state index in [1.807, 2.05) is 0 Å². The van der Waals surface area contributed by atoms with Crippen molar-refractivity contribution in [2.75, 3.05) is 0 Å². The van der Waals surface area contributed by atoms with Crippen LogP contribution in [0.5, 0.6) is 0 Å².